The van der Waals surface area contributed by atoms with Gasteiger partial charge in [0, 0.05) is 42.0 Å². The Balaban J connectivity index is 1.93. The first-order chi connectivity index (χ1) is 19.9. The van der Waals surface area contributed by atoms with Crippen molar-refractivity contribution in [3.8, 4) is 0 Å². The summed E-state index contributed by atoms with van der Waals surface area (Å²) in [4.78, 5) is 29.0. The predicted octanol–water partition coefficient (Wildman–Crippen LogP) is 6.23. The largest absolute Gasteiger partial charge is 0.352 e. The van der Waals surface area contributed by atoms with E-state index in [0.717, 1.165) is 16.1 Å². The molecule has 0 bridgehead atoms. The summed E-state index contributed by atoms with van der Waals surface area (Å²) in [6, 6.07) is 18.9. The Kier molecular flexibility index (Phi) is 12.2. The number of nitrogens with one attached hydrogen (secondary N) is 1. The van der Waals surface area contributed by atoms with Gasteiger partial charge in [0.1, 0.15) is 11.9 Å². The van der Waals surface area contributed by atoms with E-state index in [2.05, 4.69) is 5.32 Å². The summed E-state index contributed by atoms with van der Waals surface area (Å²) < 4.78 is 40.5. The van der Waals surface area contributed by atoms with Crippen molar-refractivity contribution in [1.29, 1.82) is 0 Å². The van der Waals surface area contributed by atoms with Crippen molar-refractivity contribution in [2.75, 3.05) is 17.1 Å². The second kappa shape index (κ2) is 15.4. The summed E-state index contributed by atoms with van der Waals surface area (Å²) in [6.07, 6.45) is 1.96. The Labute approximate surface area is 257 Å². The third kappa shape index (κ3) is 9.44. The molecule has 0 spiro atoms. The molecule has 226 valence electrons. The number of benzene rings is 3. The molecule has 2 atom stereocenters. The van der Waals surface area contributed by atoms with Crippen molar-refractivity contribution >= 4 is 50.7 Å². The second-order valence-corrected chi connectivity index (χ2v) is 12.9. The quantitative estimate of drug-likeness (QED) is 0.227. The molecular weight excluding hydrogens is 600 g/mol. The Morgan fingerprint density at radius 2 is 1.67 bits per heavy atom. The maximum atomic E-state index is 14.5. The van der Waals surface area contributed by atoms with Gasteiger partial charge in [-0.15, -0.1) is 0 Å². The minimum absolute atomic E-state index is 0.0311. The number of amides is 2. The maximum absolute atomic E-state index is 14.5. The van der Waals surface area contributed by atoms with Gasteiger partial charge in [-0.25, -0.2) is 12.8 Å². The van der Waals surface area contributed by atoms with E-state index in [1.165, 1.54) is 23.1 Å². The zero-order valence-electron chi connectivity index (χ0n) is 23.9. The molecule has 0 aromatic heterocycles. The zero-order valence-corrected chi connectivity index (χ0v) is 26.2. The van der Waals surface area contributed by atoms with E-state index in [-0.39, 0.29) is 55.9 Å². The molecule has 0 aliphatic carbocycles. The lowest BCUT2D eigenvalue weighted by atomic mass is 10.0. The van der Waals surface area contributed by atoms with Crippen LogP contribution in [0.15, 0.2) is 72.8 Å². The van der Waals surface area contributed by atoms with Crippen LogP contribution in [0.4, 0.5) is 10.1 Å². The first-order valence-corrected chi connectivity index (χ1v) is 16.3. The molecule has 7 nitrogen and oxygen atoms in total. The second-order valence-electron chi connectivity index (χ2n) is 10.2. The summed E-state index contributed by atoms with van der Waals surface area (Å²) in [6.45, 7) is 3.76. The average molecular weight is 637 g/mol. The van der Waals surface area contributed by atoms with Crippen LogP contribution in [0.25, 0.3) is 0 Å². The number of rotatable bonds is 14. The van der Waals surface area contributed by atoms with Gasteiger partial charge in [0.25, 0.3) is 0 Å². The Morgan fingerprint density at radius 1 is 1.00 bits per heavy atom. The molecule has 3 aromatic carbocycles. The highest BCUT2D eigenvalue weighted by Gasteiger charge is 2.31. The van der Waals surface area contributed by atoms with Gasteiger partial charge in [0.15, 0.2) is 0 Å². The van der Waals surface area contributed by atoms with Gasteiger partial charge in [0.2, 0.25) is 21.8 Å². The fraction of sp³-hybridized carbons (Fsp3) is 0.355. The van der Waals surface area contributed by atoms with E-state index in [1.54, 1.807) is 24.3 Å². The topological polar surface area (TPSA) is 86.8 Å². The van der Waals surface area contributed by atoms with E-state index in [1.807, 2.05) is 44.2 Å². The fourth-order valence-corrected chi connectivity index (χ4v) is 5.90. The summed E-state index contributed by atoms with van der Waals surface area (Å²) >= 11 is 12.6. The minimum Gasteiger partial charge on any atom is -0.352 e. The molecule has 0 aliphatic heterocycles. The normalized spacial score (nSPS) is 12.8. The molecule has 42 heavy (non-hydrogen) atoms. The molecule has 0 radical (unpaired) electrons. The van der Waals surface area contributed by atoms with Crippen molar-refractivity contribution in [2.45, 2.75) is 58.2 Å². The Morgan fingerprint density at radius 3 is 2.29 bits per heavy atom. The van der Waals surface area contributed by atoms with Crippen LogP contribution in [0.1, 0.15) is 44.2 Å². The van der Waals surface area contributed by atoms with Crippen molar-refractivity contribution in [2.24, 2.45) is 0 Å². The maximum Gasteiger partial charge on any atom is 0.243 e. The minimum atomic E-state index is -3.83. The molecule has 2 amide bonds. The highest BCUT2D eigenvalue weighted by molar-refractivity contribution is 7.92. The molecule has 0 heterocycles. The van der Waals surface area contributed by atoms with Crippen molar-refractivity contribution in [3.63, 3.8) is 0 Å². The van der Waals surface area contributed by atoms with Gasteiger partial charge in [-0.1, -0.05) is 78.7 Å². The number of hydrogen-bond acceptors (Lipinski definition) is 4. The predicted molar refractivity (Wildman–Crippen MR) is 167 cm³/mol. The summed E-state index contributed by atoms with van der Waals surface area (Å²) in [5.74, 6) is -1.36. The van der Waals surface area contributed by atoms with Gasteiger partial charge >= 0.3 is 0 Å². The average Bonchev–Trinajstić information content (AvgIpc) is 2.94. The van der Waals surface area contributed by atoms with Crippen molar-refractivity contribution in [1.82, 2.24) is 10.2 Å². The zero-order chi connectivity index (χ0) is 30.9. The molecular formula is C31H36Cl2FN3O4S. The lowest BCUT2D eigenvalue weighted by Crippen LogP contribution is -2.52. The summed E-state index contributed by atoms with van der Waals surface area (Å²) in [5.41, 5.74) is 1.38. The molecule has 3 aromatic rings. The lowest BCUT2D eigenvalue weighted by molar-refractivity contribution is -0.141. The van der Waals surface area contributed by atoms with Crippen LogP contribution in [-0.4, -0.2) is 50.0 Å². The van der Waals surface area contributed by atoms with Gasteiger partial charge in [-0.3, -0.25) is 13.9 Å². The van der Waals surface area contributed by atoms with Crippen LogP contribution >= 0.6 is 23.2 Å². The first-order valence-electron chi connectivity index (χ1n) is 13.7. The summed E-state index contributed by atoms with van der Waals surface area (Å²) in [5, 5.41) is 3.79. The highest BCUT2D eigenvalue weighted by atomic mass is 35.5. The van der Waals surface area contributed by atoms with Crippen LogP contribution in [0, 0.1) is 5.82 Å². The van der Waals surface area contributed by atoms with Crippen LogP contribution in [0.3, 0.4) is 0 Å². The highest BCUT2D eigenvalue weighted by Crippen LogP contribution is 2.26. The smallest absolute Gasteiger partial charge is 0.243 e. The van der Waals surface area contributed by atoms with E-state index in [4.69, 9.17) is 23.2 Å². The standard InChI is InChI=1S/C31H36Cl2FN3O4S/c1-4-22(2)35-31(39)29(19-23-11-6-5-7-12-23)36(21-24-16-17-25(32)20-26(24)33)30(38)15-10-18-37(42(3,40)41)28-14-9-8-13-27(28)34/h5-9,11-14,16-17,20,22,29H,4,10,15,18-19,21H2,1-3H3,(H,35,39)/t22-,29+/m0/s1. The number of hydrogen-bond donors (Lipinski definition) is 1. The Hall–Kier alpha value is -3.14. The number of carbonyl (C=O) groups excluding carboxylic acids is 2. The molecule has 0 saturated heterocycles. The summed E-state index contributed by atoms with van der Waals surface area (Å²) in [7, 11) is -3.83. The molecule has 3 rings (SSSR count). The molecule has 11 heteroatoms. The molecule has 0 aliphatic rings. The SMILES string of the molecule is CC[C@H](C)NC(=O)[C@@H](Cc1ccccc1)N(Cc1ccc(Cl)cc1Cl)C(=O)CCCN(c1ccccc1F)S(C)(=O)=O. The third-order valence-electron chi connectivity index (χ3n) is 6.90. The number of nitrogens with zero attached hydrogens (tertiary/aromatic N) is 2. The number of para-hydroxylation sites is 1. The van der Waals surface area contributed by atoms with Gasteiger partial charge in [-0.2, -0.15) is 0 Å². The van der Waals surface area contributed by atoms with Crippen LogP contribution < -0.4 is 9.62 Å². The number of anilines is 1. The van der Waals surface area contributed by atoms with E-state index in [0.29, 0.717) is 22.0 Å². The molecule has 0 unspecified atom stereocenters. The Bertz CT molecular complexity index is 1470. The van der Waals surface area contributed by atoms with Gasteiger partial charge < -0.3 is 10.2 Å². The van der Waals surface area contributed by atoms with Crippen molar-refractivity contribution < 1.29 is 22.4 Å². The van der Waals surface area contributed by atoms with Crippen LogP contribution in [0.2, 0.25) is 10.0 Å². The number of sulfonamides is 1. The monoisotopic (exact) mass is 635 g/mol. The number of carbonyl (C=O) groups is 2. The van der Waals surface area contributed by atoms with E-state index >= 15 is 0 Å². The third-order valence-corrected chi connectivity index (χ3v) is 8.67. The number of halogens is 3. The van der Waals surface area contributed by atoms with E-state index in [9.17, 15) is 22.4 Å². The van der Waals surface area contributed by atoms with E-state index < -0.39 is 21.9 Å². The van der Waals surface area contributed by atoms with Crippen molar-refractivity contribution in [3.05, 3.63) is 99.8 Å². The molecule has 1 N–H and O–H groups in total. The first kappa shape index (κ1) is 33.4. The van der Waals surface area contributed by atoms with Gasteiger partial charge in [0.05, 0.1) is 11.9 Å². The molecule has 0 saturated carbocycles. The van der Waals surface area contributed by atoms with Crippen LogP contribution in [-0.2, 0) is 32.6 Å². The molecule has 0 fully saturated rings. The van der Waals surface area contributed by atoms with Crippen LogP contribution in [0.5, 0.6) is 0 Å². The van der Waals surface area contributed by atoms with Gasteiger partial charge in [-0.05, 0) is 55.2 Å². The fourth-order valence-electron chi connectivity index (χ4n) is 4.46. The lowest BCUT2D eigenvalue weighted by Gasteiger charge is -2.33.